The van der Waals surface area contributed by atoms with Crippen LogP contribution in [-0.2, 0) is 17.9 Å². The highest BCUT2D eigenvalue weighted by atomic mass is 16.5. The van der Waals surface area contributed by atoms with Crippen molar-refractivity contribution < 1.29 is 32.8 Å². The first-order valence-corrected chi connectivity index (χ1v) is 10.9. The molecule has 3 amide bonds. The molecule has 1 aliphatic heterocycles. The summed E-state index contributed by atoms with van der Waals surface area (Å²) >= 11 is 0. The van der Waals surface area contributed by atoms with Crippen LogP contribution in [0.4, 0.5) is 22.0 Å². The summed E-state index contributed by atoms with van der Waals surface area (Å²) in [5.41, 5.74) is 1.01. The summed E-state index contributed by atoms with van der Waals surface area (Å²) in [5, 5.41) is 24.5. The summed E-state index contributed by atoms with van der Waals surface area (Å²) in [4.78, 5) is 41.8. The van der Waals surface area contributed by atoms with Crippen LogP contribution >= 0.6 is 0 Å². The number of carboxylic acid groups (broad SMARTS) is 1. The average Bonchev–Trinajstić information content (AvgIpc) is 3.52. The highest BCUT2D eigenvalue weighted by Crippen LogP contribution is 2.40. The van der Waals surface area contributed by atoms with Crippen LogP contribution in [-0.4, -0.2) is 57.2 Å². The van der Waals surface area contributed by atoms with Crippen LogP contribution in [0.1, 0.15) is 38.9 Å². The number of carbonyl (C=O) groups excluding carboxylic acids is 2. The maximum Gasteiger partial charge on any atom is 0.408 e. The number of anilines is 3. The van der Waals surface area contributed by atoms with E-state index in [2.05, 4.69) is 25.8 Å². The topological polar surface area (TPSA) is 172 Å². The van der Waals surface area contributed by atoms with Gasteiger partial charge in [-0.05, 0) is 25.0 Å². The number of benzene rings is 1. The molecule has 0 atom stereocenters. The molecule has 1 aromatic carbocycles. The fourth-order valence-corrected chi connectivity index (χ4v) is 3.81. The van der Waals surface area contributed by atoms with Crippen LogP contribution in [0.3, 0.4) is 0 Å². The van der Waals surface area contributed by atoms with Crippen molar-refractivity contribution in [1.29, 1.82) is 0 Å². The number of rotatable bonds is 7. The Balaban J connectivity index is 1.48. The lowest BCUT2D eigenvalue weighted by Crippen LogP contribution is -2.23. The standard InChI is InChI=1S/C23H23N7O6/c1-24-21(32)18-14(8-17(28-29-18)27-20(31)11-6-7-11)25-13-5-3-4-12(19(13)35-2)22-26-15-9-30(23(33)34)10-16(15)36-22/h3-5,8,11H,6-7,9-10H2,1-2H3,(H,24,32)(H,33,34)(H2,25,27,28,31)/i1D3. The lowest BCUT2D eigenvalue weighted by molar-refractivity contribution is -0.117. The van der Waals surface area contributed by atoms with Crippen molar-refractivity contribution in [2.75, 3.05) is 24.7 Å². The maximum absolute atomic E-state index is 12.7. The molecule has 1 aliphatic carbocycles. The van der Waals surface area contributed by atoms with E-state index < -0.39 is 19.0 Å². The van der Waals surface area contributed by atoms with Gasteiger partial charge in [0.1, 0.15) is 11.5 Å². The largest absolute Gasteiger partial charge is 0.494 e. The molecule has 2 aliphatic rings. The zero-order chi connectivity index (χ0) is 27.9. The van der Waals surface area contributed by atoms with E-state index in [0.717, 1.165) is 12.8 Å². The van der Waals surface area contributed by atoms with Gasteiger partial charge in [0.25, 0.3) is 5.91 Å². The van der Waals surface area contributed by atoms with Gasteiger partial charge in [-0.25, -0.2) is 9.78 Å². The molecule has 0 radical (unpaired) electrons. The van der Waals surface area contributed by atoms with E-state index in [0.29, 0.717) is 22.7 Å². The number of amides is 3. The number of nitrogens with zero attached hydrogens (tertiary/aromatic N) is 4. The first kappa shape index (κ1) is 19.6. The number of oxazole rings is 1. The lowest BCUT2D eigenvalue weighted by Gasteiger charge is -2.16. The van der Waals surface area contributed by atoms with Crippen molar-refractivity contribution in [3.63, 3.8) is 0 Å². The molecular weight excluding hydrogens is 470 g/mol. The molecular formula is C23H23N7O6. The predicted molar refractivity (Wildman–Crippen MR) is 126 cm³/mol. The molecule has 1 fully saturated rings. The molecule has 13 heteroatoms. The Kier molecular flexibility index (Phi) is 4.99. The van der Waals surface area contributed by atoms with Crippen molar-refractivity contribution >= 4 is 35.1 Å². The van der Waals surface area contributed by atoms with E-state index >= 15 is 0 Å². The molecule has 13 nitrogen and oxygen atoms in total. The lowest BCUT2D eigenvalue weighted by atomic mass is 10.1. The normalized spacial score (nSPS) is 15.8. The van der Waals surface area contributed by atoms with E-state index in [4.69, 9.17) is 13.3 Å². The van der Waals surface area contributed by atoms with Crippen LogP contribution < -0.4 is 20.7 Å². The zero-order valence-corrected chi connectivity index (χ0v) is 19.0. The minimum atomic E-state index is -2.77. The Hall–Kier alpha value is -4.68. The quantitative estimate of drug-likeness (QED) is 0.381. The van der Waals surface area contributed by atoms with Gasteiger partial charge in [-0.3, -0.25) is 14.5 Å². The number of hydrogen-bond donors (Lipinski definition) is 4. The average molecular weight is 496 g/mol. The number of hydrogen-bond acceptors (Lipinski definition) is 9. The Bertz CT molecular complexity index is 1450. The molecule has 3 aromatic rings. The fraction of sp³-hybridized carbons (Fsp3) is 0.304. The van der Waals surface area contributed by atoms with E-state index in [1.807, 2.05) is 5.32 Å². The Morgan fingerprint density at radius 2 is 2.06 bits per heavy atom. The van der Waals surface area contributed by atoms with Gasteiger partial charge < -0.3 is 30.2 Å². The predicted octanol–water partition coefficient (Wildman–Crippen LogP) is 2.59. The van der Waals surface area contributed by atoms with Gasteiger partial charge in [-0.1, -0.05) is 6.07 Å². The van der Waals surface area contributed by atoms with Gasteiger partial charge in [0.2, 0.25) is 11.8 Å². The van der Waals surface area contributed by atoms with Crippen molar-refractivity contribution in [2.24, 2.45) is 5.92 Å². The SMILES string of the molecule is [2H]C([2H])([2H])NC(=O)c1nnc(NC(=O)C2CC2)cc1Nc1cccc(-c2nc3c(o2)CN(C(=O)O)C3)c1OC. The van der Waals surface area contributed by atoms with Gasteiger partial charge in [0.15, 0.2) is 17.3 Å². The molecule has 0 bridgehead atoms. The molecule has 3 heterocycles. The fourth-order valence-electron chi connectivity index (χ4n) is 3.81. The number of aromatic nitrogens is 3. The molecule has 2 aromatic heterocycles. The van der Waals surface area contributed by atoms with Crippen LogP contribution in [0.15, 0.2) is 28.7 Å². The van der Waals surface area contributed by atoms with Gasteiger partial charge in [-0.15, -0.1) is 10.2 Å². The minimum absolute atomic E-state index is 0.0558. The second kappa shape index (κ2) is 9.17. The smallest absolute Gasteiger partial charge is 0.408 e. The number of carbonyl (C=O) groups is 3. The van der Waals surface area contributed by atoms with Crippen LogP contribution in [0.5, 0.6) is 5.75 Å². The van der Waals surface area contributed by atoms with Crippen molar-refractivity contribution in [3.05, 3.63) is 41.4 Å². The first-order valence-electron chi connectivity index (χ1n) is 12.4. The highest BCUT2D eigenvalue weighted by molar-refractivity contribution is 6.00. The minimum Gasteiger partial charge on any atom is -0.494 e. The number of fused-ring (bicyclic) bond motifs is 1. The summed E-state index contributed by atoms with van der Waals surface area (Å²) in [6.07, 6.45) is 0.461. The van der Waals surface area contributed by atoms with Crippen molar-refractivity contribution in [1.82, 2.24) is 25.4 Å². The maximum atomic E-state index is 12.7. The van der Waals surface area contributed by atoms with Crippen LogP contribution in [0.2, 0.25) is 0 Å². The first-order chi connectivity index (χ1) is 18.5. The third-order valence-electron chi connectivity index (χ3n) is 5.76. The molecule has 186 valence electrons. The summed E-state index contributed by atoms with van der Waals surface area (Å²) in [6.45, 7) is -2.61. The van der Waals surface area contributed by atoms with E-state index in [1.165, 1.54) is 18.1 Å². The van der Waals surface area contributed by atoms with Crippen molar-refractivity contribution in [2.45, 2.75) is 25.9 Å². The van der Waals surface area contributed by atoms with Gasteiger partial charge >= 0.3 is 6.09 Å². The van der Waals surface area contributed by atoms with E-state index in [1.54, 1.807) is 18.2 Å². The van der Waals surface area contributed by atoms with Crippen molar-refractivity contribution in [3.8, 4) is 17.2 Å². The summed E-state index contributed by atoms with van der Waals surface area (Å²) in [5.74, 6) is -0.372. The molecule has 0 spiro atoms. The second-order valence-corrected chi connectivity index (χ2v) is 8.25. The van der Waals surface area contributed by atoms with Gasteiger partial charge in [0, 0.05) is 23.1 Å². The van der Waals surface area contributed by atoms with Gasteiger partial charge in [-0.2, -0.15) is 0 Å². The monoisotopic (exact) mass is 496 g/mol. The number of para-hydroxylation sites is 1. The molecule has 4 N–H and O–H groups in total. The second-order valence-electron chi connectivity index (χ2n) is 8.25. The summed E-state index contributed by atoms with van der Waals surface area (Å²) < 4.78 is 33.5. The molecule has 0 saturated heterocycles. The van der Waals surface area contributed by atoms with Gasteiger partial charge in [0.05, 0.1) is 37.1 Å². The molecule has 0 unspecified atom stereocenters. The number of nitrogens with one attached hydrogen (secondary N) is 3. The highest BCUT2D eigenvalue weighted by Gasteiger charge is 2.31. The number of methoxy groups -OCH3 is 1. The van der Waals surface area contributed by atoms with Crippen LogP contribution in [0, 0.1) is 5.92 Å². The molecule has 36 heavy (non-hydrogen) atoms. The summed E-state index contributed by atoms with van der Waals surface area (Å²) in [6, 6.07) is 6.37. The van der Waals surface area contributed by atoms with Crippen LogP contribution in [0.25, 0.3) is 11.5 Å². The Labute approximate surface area is 209 Å². The third-order valence-corrected chi connectivity index (χ3v) is 5.76. The Morgan fingerprint density at radius 1 is 1.22 bits per heavy atom. The third kappa shape index (κ3) is 4.37. The summed E-state index contributed by atoms with van der Waals surface area (Å²) in [7, 11) is 1.42. The molecule has 5 rings (SSSR count). The zero-order valence-electron chi connectivity index (χ0n) is 22.0. The van der Waals surface area contributed by atoms with E-state index in [-0.39, 0.29) is 53.8 Å². The number of ether oxygens (including phenoxy) is 1. The Morgan fingerprint density at radius 3 is 2.75 bits per heavy atom. The molecule has 1 saturated carbocycles. The van der Waals surface area contributed by atoms with E-state index in [9.17, 15) is 19.5 Å².